The van der Waals surface area contributed by atoms with Crippen molar-refractivity contribution in [3.05, 3.63) is 33.8 Å². The van der Waals surface area contributed by atoms with Gasteiger partial charge in [0.25, 0.3) is 6.43 Å². The summed E-state index contributed by atoms with van der Waals surface area (Å²) < 4.78 is 24.7. The number of ketones is 1. The van der Waals surface area contributed by atoms with Gasteiger partial charge in [-0.25, -0.2) is 8.78 Å². The van der Waals surface area contributed by atoms with Crippen molar-refractivity contribution in [1.82, 2.24) is 0 Å². The number of hydrogen-bond acceptors (Lipinski definition) is 2. The monoisotopic (exact) mass is 232 g/mol. The second-order valence-electron chi connectivity index (χ2n) is 2.94. The summed E-state index contributed by atoms with van der Waals surface area (Å²) in [6.45, 7) is 1.22. The first kappa shape index (κ1) is 11.8. The van der Waals surface area contributed by atoms with Gasteiger partial charge in [-0.3, -0.25) is 9.59 Å². The van der Waals surface area contributed by atoms with Crippen LogP contribution in [0.5, 0.6) is 0 Å². The van der Waals surface area contributed by atoms with Crippen LogP contribution >= 0.6 is 11.6 Å². The van der Waals surface area contributed by atoms with Crippen molar-refractivity contribution >= 4 is 23.7 Å². The third-order valence-corrected chi connectivity index (χ3v) is 2.17. The Morgan fingerprint density at radius 3 is 2.47 bits per heavy atom. The Kier molecular flexibility index (Phi) is 3.52. The van der Waals surface area contributed by atoms with Gasteiger partial charge in [-0.05, 0) is 19.1 Å². The molecule has 0 aliphatic rings. The van der Waals surface area contributed by atoms with Crippen molar-refractivity contribution in [3.63, 3.8) is 0 Å². The van der Waals surface area contributed by atoms with E-state index in [1.165, 1.54) is 6.92 Å². The summed E-state index contributed by atoms with van der Waals surface area (Å²) in [5.74, 6) is -0.428. The highest BCUT2D eigenvalue weighted by Gasteiger charge is 2.16. The van der Waals surface area contributed by atoms with E-state index in [1.807, 2.05) is 0 Å². The van der Waals surface area contributed by atoms with Crippen LogP contribution in [0.2, 0.25) is 5.02 Å². The molecule has 1 aromatic carbocycles. The molecule has 0 amide bonds. The van der Waals surface area contributed by atoms with Crippen molar-refractivity contribution in [3.8, 4) is 0 Å². The van der Waals surface area contributed by atoms with E-state index in [0.29, 0.717) is 6.29 Å². The van der Waals surface area contributed by atoms with Gasteiger partial charge in [-0.2, -0.15) is 0 Å². The minimum absolute atomic E-state index is 0.0175. The number of alkyl halides is 2. The Bertz CT molecular complexity index is 416. The molecule has 2 nitrogen and oxygen atoms in total. The maximum Gasteiger partial charge on any atom is 0.263 e. The van der Waals surface area contributed by atoms with E-state index >= 15 is 0 Å². The quantitative estimate of drug-likeness (QED) is 0.592. The lowest BCUT2D eigenvalue weighted by Crippen LogP contribution is -2.02. The zero-order chi connectivity index (χ0) is 11.6. The Balaban J connectivity index is 3.44. The second-order valence-corrected chi connectivity index (χ2v) is 3.35. The fraction of sp³-hybridized carbons (Fsp3) is 0.200. The summed E-state index contributed by atoms with van der Waals surface area (Å²) in [4.78, 5) is 21.7. The van der Waals surface area contributed by atoms with Gasteiger partial charge in [0.05, 0.1) is 5.02 Å². The van der Waals surface area contributed by atoms with Gasteiger partial charge in [0.2, 0.25) is 0 Å². The topological polar surface area (TPSA) is 34.1 Å². The summed E-state index contributed by atoms with van der Waals surface area (Å²) in [5, 5.41) is -0.123. The Hall–Kier alpha value is -1.29. The lowest BCUT2D eigenvalue weighted by atomic mass is 10.0. The highest BCUT2D eigenvalue weighted by molar-refractivity contribution is 6.34. The Morgan fingerprint density at radius 2 is 2.07 bits per heavy atom. The smallest absolute Gasteiger partial charge is 0.263 e. The molecule has 0 unspecified atom stereocenters. The van der Waals surface area contributed by atoms with E-state index in [2.05, 4.69) is 0 Å². The molecule has 0 aliphatic heterocycles. The normalized spacial score (nSPS) is 10.5. The van der Waals surface area contributed by atoms with Crippen LogP contribution in [0.1, 0.15) is 39.6 Å². The molecule has 5 heteroatoms. The number of hydrogen-bond donors (Lipinski definition) is 0. The third kappa shape index (κ3) is 2.39. The first-order valence-electron chi connectivity index (χ1n) is 4.05. The number of aldehydes is 1. The van der Waals surface area contributed by atoms with Gasteiger partial charge < -0.3 is 0 Å². The molecule has 0 saturated heterocycles. The maximum absolute atomic E-state index is 12.3. The predicted molar refractivity (Wildman–Crippen MR) is 51.8 cm³/mol. The van der Waals surface area contributed by atoms with E-state index in [0.717, 1.165) is 12.1 Å². The van der Waals surface area contributed by atoms with E-state index in [-0.39, 0.29) is 21.7 Å². The summed E-state index contributed by atoms with van der Waals surface area (Å²) in [6, 6.07) is 1.97. The molecular weight excluding hydrogens is 226 g/mol. The number of halogens is 3. The van der Waals surface area contributed by atoms with E-state index in [1.54, 1.807) is 0 Å². The summed E-state index contributed by atoms with van der Waals surface area (Å²) in [6.07, 6.45) is -2.38. The first-order chi connectivity index (χ1) is 6.97. The number of rotatable bonds is 3. The molecule has 1 rings (SSSR count). The minimum Gasteiger partial charge on any atom is -0.298 e. The summed E-state index contributed by atoms with van der Waals surface area (Å²) in [7, 11) is 0. The third-order valence-electron chi connectivity index (χ3n) is 1.87. The van der Waals surface area contributed by atoms with Crippen LogP contribution in [0, 0.1) is 0 Å². The lowest BCUT2D eigenvalue weighted by Gasteiger charge is -2.07. The van der Waals surface area contributed by atoms with Gasteiger partial charge >= 0.3 is 0 Å². The number of carbonyl (C=O) groups is 2. The van der Waals surface area contributed by atoms with Gasteiger partial charge in [0.15, 0.2) is 12.1 Å². The number of benzene rings is 1. The van der Waals surface area contributed by atoms with Crippen molar-refractivity contribution in [2.45, 2.75) is 13.3 Å². The van der Waals surface area contributed by atoms with Crippen LogP contribution in [-0.2, 0) is 0 Å². The number of carbonyl (C=O) groups excluding carboxylic acids is 2. The molecule has 0 radical (unpaired) electrons. The van der Waals surface area contributed by atoms with Crippen molar-refractivity contribution in [1.29, 1.82) is 0 Å². The fourth-order valence-corrected chi connectivity index (χ4v) is 1.61. The van der Waals surface area contributed by atoms with Crippen LogP contribution in [0.25, 0.3) is 0 Å². The van der Waals surface area contributed by atoms with Gasteiger partial charge in [0, 0.05) is 16.7 Å². The standard InChI is InChI=1S/C10H7ClF2O2/c1-5(15)9-7(4-14)2-6(10(12)13)3-8(9)11/h2-4,10H,1H3. The average Bonchev–Trinajstić information content (AvgIpc) is 2.15. The molecule has 0 bridgehead atoms. The van der Waals surface area contributed by atoms with Crippen LogP contribution in [-0.4, -0.2) is 12.1 Å². The van der Waals surface area contributed by atoms with Gasteiger partial charge in [-0.15, -0.1) is 0 Å². The summed E-state index contributed by atoms with van der Waals surface area (Å²) in [5.41, 5.74) is -0.492. The molecule has 0 aromatic heterocycles. The van der Waals surface area contributed by atoms with E-state index in [9.17, 15) is 18.4 Å². The SMILES string of the molecule is CC(=O)c1c(Cl)cc(C(F)F)cc1C=O. The molecule has 0 aliphatic carbocycles. The number of Topliss-reactive ketones (excluding diaryl/α,β-unsaturated/α-hetero) is 1. The average molecular weight is 233 g/mol. The molecule has 0 spiro atoms. The molecule has 0 atom stereocenters. The van der Waals surface area contributed by atoms with Crippen molar-refractivity contribution < 1.29 is 18.4 Å². The lowest BCUT2D eigenvalue weighted by molar-refractivity contribution is 0.100. The minimum atomic E-state index is -2.72. The molecule has 0 saturated carbocycles. The maximum atomic E-state index is 12.3. The van der Waals surface area contributed by atoms with Crippen molar-refractivity contribution in [2.75, 3.05) is 0 Å². The molecule has 1 aromatic rings. The molecule has 0 fully saturated rings. The van der Waals surface area contributed by atoms with Crippen LogP contribution in [0.4, 0.5) is 8.78 Å². The molecule has 15 heavy (non-hydrogen) atoms. The Labute approximate surface area is 89.8 Å². The highest BCUT2D eigenvalue weighted by atomic mass is 35.5. The molecule has 0 N–H and O–H groups in total. The molecular formula is C10H7ClF2O2. The second kappa shape index (κ2) is 4.49. The van der Waals surface area contributed by atoms with Crippen LogP contribution < -0.4 is 0 Å². The fourth-order valence-electron chi connectivity index (χ4n) is 1.24. The van der Waals surface area contributed by atoms with E-state index < -0.39 is 12.2 Å². The Morgan fingerprint density at radius 1 is 1.47 bits per heavy atom. The van der Waals surface area contributed by atoms with Crippen molar-refractivity contribution in [2.24, 2.45) is 0 Å². The molecule has 80 valence electrons. The van der Waals surface area contributed by atoms with Crippen LogP contribution in [0.3, 0.4) is 0 Å². The highest BCUT2D eigenvalue weighted by Crippen LogP contribution is 2.27. The zero-order valence-corrected chi connectivity index (χ0v) is 8.52. The zero-order valence-electron chi connectivity index (χ0n) is 7.76. The van der Waals surface area contributed by atoms with Gasteiger partial charge in [-0.1, -0.05) is 11.6 Å². The van der Waals surface area contributed by atoms with Crippen LogP contribution in [0.15, 0.2) is 12.1 Å². The largest absolute Gasteiger partial charge is 0.298 e. The van der Waals surface area contributed by atoms with E-state index in [4.69, 9.17) is 11.6 Å². The van der Waals surface area contributed by atoms with Gasteiger partial charge in [0.1, 0.15) is 0 Å². The molecule has 0 heterocycles. The summed E-state index contributed by atoms with van der Waals surface area (Å²) >= 11 is 5.64. The first-order valence-corrected chi connectivity index (χ1v) is 4.43. The predicted octanol–water partition coefficient (Wildman–Crippen LogP) is 3.29.